The summed E-state index contributed by atoms with van der Waals surface area (Å²) in [4.78, 5) is 20.7. The van der Waals surface area contributed by atoms with Gasteiger partial charge in [-0.15, -0.1) is 0 Å². The first kappa shape index (κ1) is 21.4. The van der Waals surface area contributed by atoms with Crippen LogP contribution in [0.3, 0.4) is 0 Å². The highest BCUT2D eigenvalue weighted by Crippen LogP contribution is 2.36. The molecule has 0 aliphatic heterocycles. The predicted molar refractivity (Wildman–Crippen MR) is 116 cm³/mol. The predicted octanol–water partition coefficient (Wildman–Crippen LogP) is 3.77. The molecule has 3 aromatic heterocycles. The lowest BCUT2D eigenvalue weighted by molar-refractivity contribution is 0.0981. The molecule has 0 saturated heterocycles. The number of hydrogen-bond acceptors (Lipinski definition) is 7. The fraction of sp³-hybridized carbons (Fsp3) is 0.500. The lowest BCUT2D eigenvalue weighted by Gasteiger charge is -2.14. The number of imidazole rings is 1. The third-order valence-corrected chi connectivity index (χ3v) is 5.30. The number of alkyl carbamates (subject to hydrolysis) is 1. The fourth-order valence-electron chi connectivity index (χ4n) is 3.79. The summed E-state index contributed by atoms with van der Waals surface area (Å²) in [5.74, 6) is 1.37. The highest BCUT2D eigenvalue weighted by Gasteiger charge is 2.30. The second kappa shape index (κ2) is 9.11. The van der Waals surface area contributed by atoms with Crippen LogP contribution in [-0.2, 0) is 16.1 Å². The van der Waals surface area contributed by atoms with Crippen molar-refractivity contribution in [3.8, 4) is 0 Å². The van der Waals surface area contributed by atoms with Crippen molar-refractivity contribution in [2.45, 2.75) is 57.8 Å². The lowest BCUT2D eigenvalue weighted by Crippen LogP contribution is -2.33. The SMILES string of the molecule is COCc1cn2c(Nc3cc([C@H]4CC[C@@H](OC(=O)NC(C)C)C4)[nH]n3)nc(Cl)cc2n1. The molecule has 1 saturated carbocycles. The molecule has 3 aromatic rings. The molecule has 1 fully saturated rings. The van der Waals surface area contributed by atoms with E-state index in [1.807, 2.05) is 26.1 Å². The number of carbonyl (C=O) groups is 1. The number of fused-ring (bicyclic) bond motifs is 1. The molecule has 10 nitrogen and oxygen atoms in total. The van der Waals surface area contributed by atoms with E-state index in [0.29, 0.717) is 29.2 Å². The Bertz CT molecular complexity index is 1060. The summed E-state index contributed by atoms with van der Waals surface area (Å²) in [5, 5.41) is 13.7. The highest BCUT2D eigenvalue weighted by atomic mass is 35.5. The van der Waals surface area contributed by atoms with Gasteiger partial charge in [0.05, 0.1) is 12.3 Å². The maximum absolute atomic E-state index is 11.8. The van der Waals surface area contributed by atoms with Crippen molar-refractivity contribution in [2.24, 2.45) is 0 Å². The van der Waals surface area contributed by atoms with Crippen molar-refractivity contribution in [3.63, 3.8) is 0 Å². The molecule has 166 valence electrons. The van der Waals surface area contributed by atoms with E-state index in [-0.39, 0.29) is 24.2 Å². The summed E-state index contributed by atoms with van der Waals surface area (Å²) in [5.41, 5.74) is 2.43. The zero-order valence-corrected chi connectivity index (χ0v) is 18.4. The molecule has 2 atom stereocenters. The Kier molecular flexibility index (Phi) is 6.28. The van der Waals surface area contributed by atoms with Gasteiger partial charge in [0.25, 0.3) is 0 Å². The van der Waals surface area contributed by atoms with Gasteiger partial charge in [-0.05, 0) is 33.1 Å². The molecule has 31 heavy (non-hydrogen) atoms. The van der Waals surface area contributed by atoms with Crippen LogP contribution in [0.5, 0.6) is 0 Å². The Morgan fingerprint density at radius 3 is 2.97 bits per heavy atom. The van der Waals surface area contributed by atoms with Crippen LogP contribution >= 0.6 is 11.6 Å². The number of amides is 1. The zero-order valence-electron chi connectivity index (χ0n) is 17.7. The van der Waals surface area contributed by atoms with E-state index in [0.717, 1.165) is 30.7 Å². The van der Waals surface area contributed by atoms with Crippen molar-refractivity contribution in [1.82, 2.24) is 29.9 Å². The van der Waals surface area contributed by atoms with Crippen LogP contribution in [0.1, 0.15) is 50.4 Å². The largest absolute Gasteiger partial charge is 0.446 e. The van der Waals surface area contributed by atoms with E-state index in [2.05, 4.69) is 30.8 Å². The van der Waals surface area contributed by atoms with E-state index >= 15 is 0 Å². The van der Waals surface area contributed by atoms with Crippen LogP contribution in [0, 0.1) is 0 Å². The smallest absolute Gasteiger partial charge is 0.407 e. The Hall–Kier alpha value is -2.85. The van der Waals surface area contributed by atoms with Crippen molar-refractivity contribution >= 4 is 35.1 Å². The van der Waals surface area contributed by atoms with Gasteiger partial charge in [-0.1, -0.05) is 11.6 Å². The number of methoxy groups -OCH3 is 1. The van der Waals surface area contributed by atoms with Gasteiger partial charge in [0.15, 0.2) is 5.82 Å². The van der Waals surface area contributed by atoms with E-state index in [4.69, 9.17) is 21.1 Å². The summed E-state index contributed by atoms with van der Waals surface area (Å²) in [6.07, 6.45) is 3.89. The number of hydrogen-bond donors (Lipinski definition) is 3. The first-order valence-electron chi connectivity index (χ1n) is 10.2. The van der Waals surface area contributed by atoms with Crippen molar-refractivity contribution in [2.75, 3.05) is 12.4 Å². The third kappa shape index (κ3) is 5.08. The molecule has 1 aliphatic carbocycles. The summed E-state index contributed by atoms with van der Waals surface area (Å²) < 4.78 is 12.5. The topological polar surface area (TPSA) is 118 Å². The van der Waals surface area contributed by atoms with Gasteiger partial charge in [0, 0.05) is 43.1 Å². The zero-order chi connectivity index (χ0) is 22.0. The molecule has 0 radical (unpaired) electrons. The number of halogens is 1. The van der Waals surface area contributed by atoms with Gasteiger partial charge >= 0.3 is 6.09 Å². The summed E-state index contributed by atoms with van der Waals surface area (Å²) in [6.45, 7) is 4.20. The Labute approximate surface area is 184 Å². The number of H-pyrrole nitrogens is 1. The molecule has 3 heterocycles. The van der Waals surface area contributed by atoms with Crippen LogP contribution in [0.25, 0.3) is 5.65 Å². The van der Waals surface area contributed by atoms with Gasteiger partial charge in [0.2, 0.25) is 5.95 Å². The Balaban J connectivity index is 1.43. The molecule has 0 unspecified atom stereocenters. The molecule has 1 amide bonds. The number of rotatable bonds is 7. The van der Waals surface area contributed by atoms with Crippen LogP contribution < -0.4 is 10.6 Å². The average molecular weight is 448 g/mol. The van der Waals surface area contributed by atoms with E-state index < -0.39 is 0 Å². The molecule has 11 heteroatoms. The quantitative estimate of drug-likeness (QED) is 0.472. The standard InChI is InChI=1S/C20H26ClN7O3/c1-11(2)22-20(29)31-14-5-4-12(6-14)15-7-17(27-26-15)25-19-24-16(21)8-18-23-13(10-30-3)9-28(18)19/h7-9,11-12,14H,4-6,10H2,1-3H3,(H,22,29)(H2,24,25,26,27)/t12-,14+/m0/s1. The number of aromatic nitrogens is 5. The van der Waals surface area contributed by atoms with Gasteiger partial charge in [0.1, 0.15) is 16.9 Å². The van der Waals surface area contributed by atoms with Gasteiger partial charge in [-0.3, -0.25) is 9.50 Å². The van der Waals surface area contributed by atoms with Gasteiger partial charge in [-0.25, -0.2) is 14.8 Å². The first-order valence-corrected chi connectivity index (χ1v) is 10.6. The number of carbonyl (C=O) groups excluding carboxylic acids is 1. The number of nitrogens with zero attached hydrogens (tertiary/aromatic N) is 4. The number of anilines is 2. The van der Waals surface area contributed by atoms with E-state index in [9.17, 15) is 4.79 Å². The maximum Gasteiger partial charge on any atom is 0.407 e. The van der Waals surface area contributed by atoms with Crippen molar-refractivity contribution < 1.29 is 14.3 Å². The number of ether oxygens (including phenoxy) is 2. The van der Waals surface area contributed by atoms with Crippen LogP contribution in [0.15, 0.2) is 18.3 Å². The maximum atomic E-state index is 11.8. The normalized spacial score (nSPS) is 18.6. The minimum absolute atomic E-state index is 0.0542. The Morgan fingerprint density at radius 1 is 1.35 bits per heavy atom. The lowest BCUT2D eigenvalue weighted by atomic mass is 10.0. The van der Waals surface area contributed by atoms with E-state index in [1.54, 1.807) is 17.6 Å². The van der Waals surface area contributed by atoms with Crippen LogP contribution in [-0.4, -0.2) is 49.9 Å². The Morgan fingerprint density at radius 2 is 2.19 bits per heavy atom. The minimum Gasteiger partial charge on any atom is -0.446 e. The highest BCUT2D eigenvalue weighted by molar-refractivity contribution is 6.29. The van der Waals surface area contributed by atoms with Crippen LogP contribution in [0.2, 0.25) is 5.15 Å². The first-order chi connectivity index (χ1) is 14.9. The van der Waals surface area contributed by atoms with Crippen LogP contribution in [0.4, 0.5) is 16.6 Å². The van der Waals surface area contributed by atoms with Gasteiger partial charge in [-0.2, -0.15) is 5.10 Å². The fourth-order valence-corrected chi connectivity index (χ4v) is 3.97. The second-order valence-electron chi connectivity index (χ2n) is 7.97. The monoisotopic (exact) mass is 447 g/mol. The van der Waals surface area contributed by atoms with Crippen molar-refractivity contribution in [1.29, 1.82) is 0 Å². The second-order valence-corrected chi connectivity index (χ2v) is 8.35. The summed E-state index contributed by atoms with van der Waals surface area (Å²) >= 11 is 6.16. The molecule has 1 aliphatic rings. The minimum atomic E-state index is -0.364. The summed E-state index contributed by atoms with van der Waals surface area (Å²) in [7, 11) is 1.62. The third-order valence-electron chi connectivity index (χ3n) is 5.11. The molecule has 0 bridgehead atoms. The molecule has 4 rings (SSSR count). The molecule has 3 N–H and O–H groups in total. The van der Waals surface area contributed by atoms with Crippen molar-refractivity contribution in [3.05, 3.63) is 34.9 Å². The summed E-state index contributed by atoms with van der Waals surface area (Å²) in [6, 6.07) is 3.69. The number of aromatic amines is 1. The van der Waals surface area contributed by atoms with Gasteiger partial charge < -0.3 is 20.1 Å². The molecular weight excluding hydrogens is 422 g/mol. The molecular formula is C20H26ClN7O3. The average Bonchev–Trinajstić information content (AvgIpc) is 3.41. The number of nitrogens with one attached hydrogen (secondary N) is 3. The molecule has 0 spiro atoms. The van der Waals surface area contributed by atoms with E-state index in [1.165, 1.54) is 0 Å². The molecule has 0 aromatic carbocycles.